The lowest BCUT2D eigenvalue weighted by atomic mass is 9.82. The van der Waals surface area contributed by atoms with E-state index in [2.05, 4.69) is 36.9 Å². The summed E-state index contributed by atoms with van der Waals surface area (Å²) in [6.07, 6.45) is 1.08. The molecule has 0 spiro atoms. The van der Waals surface area contributed by atoms with Gasteiger partial charge in [-0.3, -0.25) is 0 Å². The summed E-state index contributed by atoms with van der Waals surface area (Å²) >= 11 is 0. The van der Waals surface area contributed by atoms with Gasteiger partial charge in [-0.05, 0) is 41.9 Å². The van der Waals surface area contributed by atoms with Gasteiger partial charge in [0.1, 0.15) is 0 Å². The molecule has 0 saturated carbocycles. The maximum absolute atomic E-state index is 11.7. The van der Waals surface area contributed by atoms with Crippen molar-refractivity contribution in [2.24, 2.45) is 11.8 Å². The minimum Gasteiger partial charge on any atom is -0.223 e. The summed E-state index contributed by atoms with van der Waals surface area (Å²) in [7, 11) is -2.65. The molecule has 0 N–H and O–H groups in total. The van der Waals surface area contributed by atoms with Gasteiger partial charge in [0, 0.05) is 0 Å². The van der Waals surface area contributed by atoms with E-state index in [0.717, 1.165) is 12.0 Å². The van der Waals surface area contributed by atoms with Crippen LogP contribution in [-0.4, -0.2) is 15.5 Å². The van der Waals surface area contributed by atoms with Crippen LogP contribution in [0, 0.1) is 11.8 Å². The molecule has 1 aromatic rings. The first-order valence-electron chi connectivity index (χ1n) is 6.85. The summed E-state index contributed by atoms with van der Waals surface area (Å²) in [4.78, 5) is 4.35. The molecule has 0 fully saturated rings. The second-order valence-electron chi connectivity index (χ2n) is 5.74. The first-order chi connectivity index (χ1) is 9.27. The van der Waals surface area contributed by atoms with Crippen LogP contribution in [0.5, 0.6) is 0 Å². The van der Waals surface area contributed by atoms with Crippen LogP contribution in [0.1, 0.15) is 45.6 Å². The first kappa shape index (κ1) is 17.1. The fraction of sp³-hybridized carbons (Fsp3) is 0.600. The quantitative estimate of drug-likeness (QED) is 0.568. The van der Waals surface area contributed by atoms with Gasteiger partial charge in [-0.2, -0.15) is 8.42 Å². The summed E-state index contributed by atoms with van der Waals surface area (Å²) in [5.74, 6) is 1.54. The first-order valence-corrected chi connectivity index (χ1v) is 8.26. The molecular formula is C15H24O4S. The highest BCUT2D eigenvalue weighted by Gasteiger charge is 2.20. The molecule has 0 bridgehead atoms. The van der Waals surface area contributed by atoms with Crippen molar-refractivity contribution in [3.05, 3.63) is 29.8 Å². The molecule has 1 atom stereocenters. The van der Waals surface area contributed by atoms with E-state index in [1.165, 1.54) is 7.11 Å². The van der Waals surface area contributed by atoms with Gasteiger partial charge in [-0.25, -0.2) is 4.89 Å². The van der Waals surface area contributed by atoms with Crippen molar-refractivity contribution in [2.75, 3.05) is 7.11 Å². The van der Waals surface area contributed by atoms with E-state index in [1.54, 1.807) is 12.1 Å². The molecule has 1 unspecified atom stereocenters. The highest BCUT2D eigenvalue weighted by Crippen LogP contribution is 2.31. The van der Waals surface area contributed by atoms with Crippen LogP contribution in [0.4, 0.5) is 0 Å². The predicted molar refractivity (Wildman–Crippen MR) is 78.8 cm³/mol. The molecule has 0 aliphatic heterocycles. The van der Waals surface area contributed by atoms with Gasteiger partial charge in [0.15, 0.2) is 0 Å². The third kappa shape index (κ3) is 4.58. The van der Waals surface area contributed by atoms with Gasteiger partial charge in [0.05, 0.1) is 12.0 Å². The summed E-state index contributed by atoms with van der Waals surface area (Å²) in [6.45, 7) is 8.76. The van der Waals surface area contributed by atoms with Crippen molar-refractivity contribution >= 4 is 10.1 Å². The van der Waals surface area contributed by atoms with E-state index < -0.39 is 10.1 Å². The van der Waals surface area contributed by atoms with Gasteiger partial charge in [-0.1, -0.05) is 39.8 Å². The molecule has 0 aromatic heterocycles. The highest BCUT2D eigenvalue weighted by molar-refractivity contribution is 7.86. The van der Waals surface area contributed by atoms with Gasteiger partial charge in [0.25, 0.3) is 0 Å². The molecule has 0 saturated heterocycles. The van der Waals surface area contributed by atoms with Gasteiger partial charge < -0.3 is 0 Å². The Bertz CT molecular complexity index is 503. The predicted octanol–water partition coefficient (Wildman–Crippen LogP) is 3.74. The average molecular weight is 300 g/mol. The average Bonchev–Trinajstić information content (AvgIpc) is 2.35. The Hall–Kier alpha value is -0.910. The summed E-state index contributed by atoms with van der Waals surface area (Å²) < 4.78 is 27.7. The van der Waals surface area contributed by atoms with Crippen molar-refractivity contribution in [1.29, 1.82) is 0 Å². The number of benzene rings is 1. The number of rotatable bonds is 7. The monoisotopic (exact) mass is 300 g/mol. The van der Waals surface area contributed by atoms with E-state index in [9.17, 15) is 8.42 Å². The van der Waals surface area contributed by atoms with Crippen LogP contribution in [-0.2, 0) is 19.3 Å². The van der Waals surface area contributed by atoms with Crippen molar-refractivity contribution in [3.8, 4) is 0 Å². The molecule has 0 radical (unpaired) electrons. The zero-order valence-electron chi connectivity index (χ0n) is 12.8. The number of hydrogen-bond donors (Lipinski definition) is 0. The zero-order chi connectivity index (χ0) is 15.3. The summed E-state index contributed by atoms with van der Waals surface area (Å²) in [5, 5.41) is 0. The van der Waals surface area contributed by atoms with Crippen molar-refractivity contribution in [2.45, 2.75) is 44.9 Å². The Morgan fingerprint density at radius 1 is 1.05 bits per heavy atom. The fourth-order valence-corrected chi connectivity index (χ4v) is 3.04. The molecule has 4 nitrogen and oxygen atoms in total. The number of hydrogen-bond acceptors (Lipinski definition) is 4. The van der Waals surface area contributed by atoms with Gasteiger partial charge in [-0.15, -0.1) is 4.33 Å². The van der Waals surface area contributed by atoms with E-state index in [4.69, 9.17) is 0 Å². The normalized spacial score (nSPS) is 13.9. The summed E-state index contributed by atoms with van der Waals surface area (Å²) in [6, 6.07) is 6.86. The van der Waals surface area contributed by atoms with Crippen molar-refractivity contribution in [1.82, 2.24) is 0 Å². The van der Waals surface area contributed by atoms with E-state index in [1.807, 2.05) is 12.1 Å². The molecule has 0 heterocycles. The second-order valence-corrected chi connectivity index (χ2v) is 7.25. The molecule has 20 heavy (non-hydrogen) atoms. The Balaban J connectivity index is 3.00. The van der Waals surface area contributed by atoms with E-state index >= 15 is 0 Å². The van der Waals surface area contributed by atoms with Gasteiger partial charge in [0.2, 0.25) is 0 Å². The molecule has 1 aromatic carbocycles. The topological polar surface area (TPSA) is 52.6 Å². The Morgan fingerprint density at radius 2 is 1.60 bits per heavy atom. The Kier molecular flexibility index (Phi) is 6.17. The van der Waals surface area contributed by atoms with Crippen LogP contribution < -0.4 is 0 Å². The fourth-order valence-electron chi connectivity index (χ4n) is 2.31. The SMILES string of the molecule is COOS(=O)(=O)c1ccc(C(CC(C)C)C(C)C)cc1. The highest BCUT2D eigenvalue weighted by atomic mass is 32.2. The molecule has 114 valence electrons. The van der Waals surface area contributed by atoms with E-state index in [-0.39, 0.29) is 4.90 Å². The molecule has 1 rings (SSSR count). The smallest absolute Gasteiger partial charge is 0.223 e. The van der Waals surface area contributed by atoms with Crippen molar-refractivity contribution < 1.29 is 17.6 Å². The van der Waals surface area contributed by atoms with Gasteiger partial charge >= 0.3 is 10.1 Å². The van der Waals surface area contributed by atoms with Crippen LogP contribution in [0.15, 0.2) is 29.2 Å². The Labute approximate surface area is 122 Å². The van der Waals surface area contributed by atoms with Crippen LogP contribution in [0.3, 0.4) is 0 Å². The molecular weight excluding hydrogens is 276 g/mol. The molecule has 5 heteroatoms. The second kappa shape index (κ2) is 7.20. The lowest BCUT2D eigenvalue weighted by Crippen LogP contribution is -2.11. The molecule has 0 aliphatic rings. The standard InChI is InChI=1S/C15H24O4S/c1-11(2)10-15(12(3)4)13-6-8-14(9-7-13)20(16,17)19-18-5/h6-9,11-12,15H,10H2,1-5H3. The Morgan fingerprint density at radius 3 is 2.00 bits per heavy atom. The minimum atomic E-state index is -3.82. The van der Waals surface area contributed by atoms with Crippen molar-refractivity contribution in [3.63, 3.8) is 0 Å². The molecule has 0 aliphatic carbocycles. The van der Waals surface area contributed by atoms with Crippen LogP contribution in [0.2, 0.25) is 0 Å². The van der Waals surface area contributed by atoms with Crippen LogP contribution in [0.25, 0.3) is 0 Å². The van der Waals surface area contributed by atoms with Crippen LogP contribution >= 0.6 is 0 Å². The lowest BCUT2D eigenvalue weighted by Gasteiger charge is -2.23. The zero-order valence-corrected chi connectivity index (χ0v) is 13.6. The summed E-state index contributed by atoms with van der Waals surface area (Å²) in [5.41, 5.74) is 1.16. The minimum absolute atomic E-state index is 0.107. The maximum atomic E-state index is 11.7. The maximum Gasteiger partial charge on any atom is 0.323 e. The third-order valence-electron chi connectivity index (χ3n) is 3.28. The van der Waals surface area contributed by atoms with E-state index in [0.29, 0.717) is 17.8 Å². The third-order valence-corrected chi connectivity index (χ3v) is 4.45. The molecule has 0 amide bonds. The lowest BCUT2D eigenvalue weighted by molar-refractivity contribution is -0.172. The largest absolute Gasteiger partial charge is 0.323 e.